The lowest BCUT2D eigenvalue weighted by atomic mass is 10.1. The van der Waals surface area contributed by atoms with Crippen LogP contribution in [0.15, 0.2) is 18.2 Å². The quantitative estimate of drug-likeness (QED) is 0.787. The average molecular weight is 370 g/mol. The van der Waals surface area contributed by atoms with Crippen LogP contribution in [-0.4, -0.2) is 46.0 Å². The van der Waals surface area contributed by atoms with Gasteiger partial charge in [0.15, 0.2) is 0 Å². The number of para-hydroxylation sites is 1. The van der Waals surface area contributed by atoms with Gasteiger partial charge in [-0.05, 0) is 57.3 Å². The minimum absolute atomic E-state index is 0.267. The van der Waals surface area contributed by atoms with Crippen molar-refractivity contribution in [1.82, 2.24) is 19.8 Å². The fraction of sp³-hybridized carbons (Fsp3) is 0.619. The third kappa shape index (κ3) is 3.60. The molecule has 2 atom stereocenters. The number of benzene rings is 1. The Bertz CT molecular complexity index is 808. The molecule has 0 bridgehead atoms. The highest BCUT2D eigenvalue weighted by Crippen LogP contribution is 2.29. The first-order valence-electron chi connectivity index (χ1n) is 10.5. The molecular formula is C21H31N5O. The molecule has 3 N–H and O–H groups in total. The van der Waals surface area contributed by atoms with Crippen molar-refractivity contribution >= 4 is 16.9 Å². The van der Waals surface area contributed by atoms with E-state index >= 15 is 0 Å². The number of nitrogens with one attached hydrogen (secondary N) is 1. The molecule has 27 heavy (non-hydrogen) atoms. The highest BCUT2D eigenvalue weighted by atomic mass is 16.1. The molecule has 2 aliphatic rings. The van der Waals surface area contributed by atoms with E-state index in [-0.39, 0.29) is 6.04 Å². The minimum Gasteiger partial charge on any atom is -0.366 e. The number of primary amides is 1. The van der Waals surface area contributed by atoms with E-state index in [1.807, 2.05) is 6.07 Å². The number of hydrogen-bond donors (Lipinski definition) is 2. The van der Waals surface area contributed by atoms with Gasteiger partial charge in [-0.2, -0.15) is 0 Å². The maximum atomic E-state index is 11.9. The summed E-state index contributed by atoms with van der Waals surface area (Å²) in [5.74, 6) is 0.654. The topological polar surface area (TPSA) is 76.2 Å². The van der Waals surface area contributed by atoms with Gasteiger partial charge in [-0.15, -0.1) is 0 Å². The predicted molar refractivity (Wildman–Crippen MR) is 108 cm³/mol. The lowest BCUT2D eigenvalue weighted by Gasteiger charge is -2.25. The zero-order chi connectivity index (χ0) is 18.8. The molecular weight excluding hydrogens is 338 g/mol. The summed E-state index contributed by atoms with van der Waals surface area (Å²) in [6.07, 6.45) is 7.42. The van der Waals surface area contributed by atoms with Crippen molar-refractivity contribution in [3.8, 4) is 0 Å². The standard InChI is InChI=1S/C21H31N5O/c1-2-6-15-7-5-12-25(15)13-14-26-18-10-3-8-16(20(22)27)19(18)24-21(26)17-9-4-11-23-17/h3,8,10,15,17,23H,2,4-7,9,11-14H2,1H3,(H2,22,27). The number of nitrogens with two attached hydrogens (primary N) is 1. The second-order valence-corrected chi connectivity index (χ2v) is 7.93. The molecule has 0 saturated carbocycles. The predicted octanol–water partition coefficient (Wildman–Crippen LogP) is 2.82. The van der Waals surface area contributed by atoms with E-state index in [0.29, 0.717) is 5.56 Å². The van der Waals surface area contributed by atoms with Gasteiger partial charge in [0, 0.05) is 19.1 Å². The first-order chi connectivity index (χ1) is 13.2. The number of likely N-dealkylation sites (tertiary alicyclic amines) is 1. The van der Waals surface area contributed by atoms with Crippen LogP contribution in [-0.2, 0) is 6.54 Å². The van der Waals surface area contributed by atoms with Crippen LogP contribution in [0.2, 0.25) is 0 Å². The second-order valence-electron chi connectivity index (χ2n) is 7.93. The van der Waals surface area contributed by atoms with Crippen molar-refractivity contribution in [2.24, 2.45) is 5.73 Å². The summed E-state index contributed by atoms with van der Waals surface area (Å²) < 4.78 is 2.33. The number of fused-ring (bicyclic) bond motifs is 1. The molecule has 1 aromatic carbocycles. The second kappa shape index (κ2) is 7.98. The van der Waals surface area contributed by atoms with Crippen molar-refractivity contribution in [3.05, 3.63) is 29.6 Å². The Balaban J connectivity index is 1.66. The lowest BCUT2D eigenvalue weighted by molar-refractivity contribution is 0.100. The highest BCUT2D eigenvalue weighted by molar-refractivity contribution is 6.04. The van der Waals surface area contributed by atoms with Gasteiger partial charge >= 0.3 is 0 Å². The van der Waals surface area contributed by atoms with Crippen molar-refractivity contribution in [1.29, 1.82) is 0 Å². The van der Waals surface area contributed by atoms with Crippen molar-refractivity contribution in [3.63, 3.8) is 0 Å². The summed E-state index contributed by atoms with van der Waals surface area (Å²) in [7, 11) is 0. The van der Waals surface area contributed by atoms with Crippen LogP contribution in [0.4, 0.5) is 0 Å². The summed E-state index contributed by atoms with van der Waals surface area (Å²) in [5.41, 5.74) is 7.91. The summed E-state index contributed by atoms with van der Waals surface area (Å²) in [6.45, 7) is 6.44. The van der Waals surface area contributed by atoms with Gasteiger partial charge in [-0.3, -0.25) is 9.69 Å². The van der Waals surface area contributed by atoms with Crippen LogP contribution >= 0.6 is 0 Å². The molecule has 6 nitrogen and oxygen atoms in total. The Kier molecular flexibility index (Phi) is 5.45. The third-order valence-corrected chi connectivity index (χ3v) is 6.18. The number of amides is 1. The van der Waals surface area contributed by atoms with Crippen molar-refractivity contribution in [2.75, 3.05) is 19.6 Å². The molecule has 2 aliphatic heterocycles. The van der Waals surface area contributed by atoms with Crippen molar-refractivity contribution in [2.45, 2.75) is 64.1 Å². The lowest BCUT2D eigenvalue weighted by Crippen LogP contribution is -2.33. The maximum absolute atomic E-state index is 11.9. The Morgan fingerprint density at radius 2 is 2.19 bits per heavy atom. The van der Waals surface area contributed by atoms with Gasteiger partial charge in [-0.1, -0.05) is 19.4 Å². The summed E-state index contributed by atoms with van der Waals surface area (Å²) in [6, 6.07) is 6.76. The summed E-state index contributed by atoms with van der Waals surface area (Å²) >= 11 is 0. The van der Waals surface area contributed by atoms with Gasteiger partial charge in [0.1, 0.15) is 11.3 Å². The number of hydrogen-bond acceptors (Lipinski definition) is 4. The fourth-order valence-corrected chi connectivity index (χ4v) is 4.85. The highest BCUT2D eigenvalue weighted by Gasteiger charge is 2.27. The zero-order valence-electron chi connectivity index (χ0n) is 16.3. The number of aromatic nitrogens is 2. The Morgan fingerprint density at radius 3 is 2.93 bits per heavy atom. The molecule has 1 aromatic heterocycles. The Labute approximate surface area is 161 Å². The van der Waals surface area contributed by atoms with Crippen LogP contribution < -0.4 is 11.1 Å². The first-order valence-corrected chi connectivity index (χ1v) is 10.5. The van der Waals surface area contributed by atoms with Gasteiger partial charge in [0.2, 0.25) is 0 Å². The van der Waals surface area contributed by atoms with E-state index in [9.17, 15) is 4.79 Å². The zero-order valence-corrected chi connectivity index (χ0v) is 16.3. The van der Waals surface area contributed by atoms with Gasteiger partial charge < -0.3 is 15.6 Å². The van der Waals surface area contributed by atoms with E-state index in [2.05, 4.69) is 27.8 Å². The van der Waals surface area contributed by atoms with E-state index in [1.54, 1.807) is 6.07 Å². The number of rotatable bonds is 7. The number of carbonyl (C=O) groups is 1. The smallest absolute Gasteiger partial charge is 0.250 e. The molecule has 4 rings (SSSR count). The van der Waals surface area contributed by atoms with Gasteiger partial charge in [0.25, 0.3) is 5.91 Å². The number of imidazole rings is 1. The van der Waals surface area contributed by atoms with Crippen LogP contribution in [0.25, 0.3) is 11.0 Å². The van der Waals surface area contributed by atoms with E-state index in [0.717, 1.165) is 49.0 Å². The summed E-state index contributed by atoms with van der Waals surface area (Å²) in [4.78, 5) is 19.4. The van der Waals surface area contributed by atoms with Crippen LogP contribution in [0.1, 0.15) is 67.7 Å². The van der Waals surface area contributed by atoms with Crippen LogP contribution in [0.5, 0.6) is 0 Å². The number of nitrogens with zero attached hydrogens (tertiary/aromatic N) is 3. The van der Waals surface area contributed by atoms with E-state index in [1.165, 1.54) is 38.6 Å². The number of carbonyl (C=O) groups excluding carboxylic acids is 1. The molecule has 0 radical (unpaired) electrons. The van der Waals surface area contributed by atoms with Gasteiger partial charge in [0.05, 0.1) is 17.1 Å². The Hall–Kier alpha value is -1.92. The largest absolute Gasteiger partial charge is 0.366 e. The molecule has 146 valence electrons. The van der Waals surface area contributed by atoms with E-state index in [4.69, 9.17) is 10.7 Å². The molecule has 0 aliphatic carbocycles. The molecule has 6 heteroatoms. The average Bonchev–Trinajstić information content (AvgIpc) is 3.39. The maximum Gasteiger partial charge on any atom is 0.250 e. The molecule has 2 saturated heterocycles. The fourth-order valence-electron chi connectivity index (χ4n) is 4.85. The molecule has 2 aromatic rings. The molecule has 1 amide bonds. The minimum atomic E-state index is -0.404. The molecule has 2 fully saturated rings. The first kappa shape index (κ1) is 18.4. The molecule has 2 unspecified atom stereocenters. The normalized spacial score (nSPS) is 23.4. The van der Waals surface area contributed by atoms with Gasteiger partial charge in [-0.25, -0.2) is 4.98 Å². The SMILES string of the molecule is CCCC1CCCN1CCn1c(C2CCCN2)nc2c(C(N)=O)cccc21. The van der Waals surface area contributed by atoms with Crippen LogP contribution in [0, 0.1) is 0 Å². The molecule has 3 heterocycles. The van der Waals surface area contributed by atoms with E-state index < -0.39 is 5.91 Å². The van der Waals surface area contributed by atoms with Crippen LogP contribution in [0.3, 0.4) is 0 Å². The molecule has 0 spiro atoms. The summed E-state index contributed by atoms with van der Waals surface area (Å²) in [5, 5.41) is 3.57. The van der Waals surface area contributed by atoms with Crippen molar-refractivity contribution < 1.29 is 4.79 Å². The Morgan fingerprint density at radius 1 is 1.30 bits per heavy atom. The monoisotopic (exact) mass is 369 g/mol. The third-order valence-electron chi connectivity index (χ3n) is 6.18.